The molecule has 3 aromatic carbocycles. The Balaban J connectivity index is 1.61. The lowest BCUT2D eigenvalue weighted by molar-refractivity contribution is -0.155. The third-order valence-corrected chi connectivity index (χ3v) is 5.33. The largest absolute Gasteiger partial charge is 0.508 e. The van der Waals surface area contributed by atoms with Crippen LogP contribution < -0.4 is 4.74 Å². The van der Waals surface area contributed by atoms with Gasteiger partial charge in [0.2, 0.25) is 0 Å². The van der Waals surface area contributed by atoms with Gasteiger partial charge in [0.25, 0.3) is 0 Å². The highest BCUT2D eigenvalue weighted by Gasteiger charge is 2.37. The summed E-state index contributed by atoms with van der Waals surface area (Å²) in [4.78, 5) is 12.6. The summed E-state index contributed by atoms with van der Waals surface area (Å²) in [5, 5.41) is 49.5. The Bertz CT molecular complexity index is 1120. The molecule has 0 spiro atoms. The molecule has 0 saturated carbocycles. The highest BCUT2D eigenvalue weighted by atomic mass is 16.6. The van der Waals surface area contributed by atoms with Crippen LogP contribution in [0.25, 0.3) is 0 Å². The lowest BCUT2D eigenvalue weighted by atomic mass is 9.93. The number of hydrogen-bond acceptors (Lipinski definition) is 8. The fourth-order valence-corrected chi connectivity index (χ4v) is 3.74. The van der Waals surface area contributed by atoms with Gasteiger partial charge >= 0.3 is 5.97 Å². The summed E-state index contributed by atoms with van der Waals surface area (Å²) in [6.45, 7) is 0. The average Bonchev–Trinajstić information content (AvgIpc) is 2.76. The van der Waals surface area contributed by atoms with Gasteiger partial charge in [0.05, 0.1) is 0 Å². The molecule has 0 fully saturated rings. The van der Waals surface area contributed by atoms with Gasteiger partial charge < -0.3 is 35.0 Å². The first kappa shape index (κ1) is 21.2. The lowest BCUT2D eigenvalue weighted by Gasteiger charge is -2.34. The highest BCUT2D eigenvalue weighted by Crippen LogP contribution is 2.45. The molecule has 0 amide bonds. The Morgan fingerprint density at radius 3 is 2.31 bits per heavy atom. The molecule has 0 saturated heterocycles. The fraction of sp³-hybridized carbons (Fsp3) is 0.208. The van der Waals surface area contributed by atoms with Gasteiger partial charge in [0, 0.05) is 36.1 Å². The molecule has 4 rings (SSSR count). The third kappa shape index (κ3) is 4.34. The van der Waals surface area contributed by atoms with Crippen LogP contribution in [0.15, 0.2) is 54.6 Å². The minimum Gasteiger partial charge on any atom is -0.508 e. The van der Waals surface area contributed by atoms with Crippen LogP contribution >= 0.6 is 0 Å². The number of ether oxygens (including phenoxy) is 2. The first-order valence-corrected chi connectivity index (χ1v) is 10.0. The number of phenols is 5. The molecular weight excluding hydrogens is 416 g/mol. The van der Waals surface area contributed by atoms with Crippen LogP contribution in [0.2, 0.25) is 0 Å². The highest BCUT2D eigenvalue weighted by molar-refractivity contribution is 5.70. The summed E-state index contributed by atoms with van der Waals surface area (Å²) < 4.78 is 11.6. The monoisotopic (exact) mass is 438 g/mol. The van der Waals surface area contributed by atoms with Crippen LogP contribution in [0, 0.1) is 0 Å². The maximum atomic E-state index is 12.6. The smallest absolute Gasteiger partial charge is 0.306 e. The molecular formula is C24H22O8. The quantitative estimate of drug-likeness (QED) is 0.302. The second-order valence-corrected chi connectivity index (χ2v) is 7.61. The lowest BCUT2D eigenvalue weighted by Crippen LogP contribution is -2.34. The summed E-state index contributed by atoms with van der Waals surface area (Å²) in [6, 6.07) is 14.3. The van der Waals surface area contributed by atoms with E-state index in [2.05, 4.69) is 0 Å². The van der Waals surface area contributed by atoms with E-state index in [9.17, 15) is 30.3 Å². The van der Waals surface area contributed by atoms with E-state index in [4.69, 9.17) is 9.47 Å². The van der Waals surface area contributed by atoms with Crippen LogP contribution in [0.1, 0.15) is 29.2 Å². The second kappa shape index (κ2) is 8.58. The van der Waals surface area contributed by atoms with E-state index in [0.717, 1.165) is 11.6 Å². The van der Waals surface area contributed by atoms with E-state index in [1.54, 1.807) is 0 Å². The van der Waals surface area contributed by atoms with Crippen LogP contribution in [-0.4, -0.2) is 37.6 Å². The molecule has 0 aromatic heterocycles. The fourth-order valence-electron chi connectivity index (χ4n) is 3.74. The van der Waals surface area contributed by atoms with Crippen molar-refractivity contribution in [1.82, 2.24) is 0 Å². The zero-order valence-corrected chi connectivity index (χ0v) is 16.9. The molecule has 0 radical (unpaired) electrons. The number of esters is 1. The van der Waals surface area contributed by atoms with Crippen molar-refractivity contribution < 1.29 is 39.8 Å². The Morgan fingerprint density at radius 1 is 0.938 bits per heavy atom. The number of phenolic OH excluding ortho intramolecular Hbond substituents is 5. The number of hydrogen-bond donors (Lipinski definition) is 5. The van der Waals surface area contributed by atoms with E-state index in [1.165, 1.54) is 18.2 Å². The van der Waals surface area contributed by atoms with Gasteiger partial charge in [0.1, 0.15) is 23.4 Å². The van der Waals surface area contributed by atoms with Gasteiger partial charge in [-0.25, -0.2) is 0 Å². The SMILES string of the molecule is O=C(CCc1ccccc1)O[C@@H]1Cc2c(O)cc(O)cc2O[C@@H]1c1cc(O)c(O)c(O)c1. The molecule has 8 heteroatoms. The summed E-state index contributed by atoms with van der Waals surface area (Å²) in [6.07, 6.45) is -1.19. The van der Waals surface area contributed by atoms with Crippen LogP contribution in [0.3, 0.4) is 0 Å². The Morgan fingerprint density at radius 2 is 1.62 bits per heavy atom. The van der Waals surface area contributed by atoms with Crippen molar-refractivity contribution in [1.29, 1.82) is 0 Å². The molecule has 5 N–H and O–H groups in total. The van der Waals surface area contributed by atoms with Crippen LogP contribution in [-0.2, 0) is 22.4 Å². The molecule has 1 aliphatic heterocycles. The van der Waals surface area contributed by atoms with E-state index < -0.39 is 35.4 Å². The summed E-state index contributed by atoms with van der Waals surface area (Å²) in [5.41, 5.74) is 1.58. The molecule has 2 atom stereocenters. The molecule has 3 aromatic rings. The van der Waals surface area contributed by atoms with Gasteiger partial charge in [-0.1, -0.05) is 30.3 Å². The maximum Gasteiger partial charge on any atom is 0.306 e. The minimum atomic E-state index is -0.971. The minimum absolute atomic E-state index is 0.0750. The Hall–Kier alpha value is -4.07. The first-order valence-electron chi connectivity index (χ1n) is 10.0. The molecule has 166 valence electrons. The van der Waals surface area contributed by atoms with Crippen molar-refractivity contribution in [3.8, 4) is 34.5 Å². The number of benzene rings is 3. The number of rotatable bonds is 5. The van der Waals surface area contributed by atoms with E-state index in [0.29, 0.717) is 12.0 Å². The first-order chi connectivity index (χ1) is 15.3. The maximum absolute atomic E-state index is 12.6. The van der Waals surface area contributed by atoms with Gasteiger partial charge in [-0.05, 0) is 24.1 Å². The Kier molecular flexibility index (Phi) is 5.68. The zero-order chi connectivity index (χ0) is 22.8. The van der Waals surface area contributed by atoms with E-state index in [-0.39, 0.29) is 35.7 Å². The number of carbonyl (C=O) groups is 1. The predicted molar refractivity (Wildman–Crippen MR) is 113 cm³/mol. The standard InChI is InChI=1S/C24H22O8/c25-15-10-17(26)16-12-21(31-22(29)7-6-13-4-2-1-3-5-13)24(32-20(16)11-15)14-8-18(27)23(30)19(28)9-14/h1-5,8-11,21,24-28,30H,6-7,12H2/t21-,24-/m1/s1. The number of aromatic hydroxyl groups is 5. The number of aryl methyl sites for hydroxylation is 1. The number of fused-ring (bicyclic) bond motifs is 1. The van der Waals surface area contributed by atoms with E-state index in [1.807, 2.05) is 30.3 Å². The molecule has 8 nitrogen and oxygen atoms in total. The second-order valence-electron chi connectivity index (χ2n) is 7.61. The van der Waals surface area contributed by atoms with Gasteiger partial charge in [-0.2, -0.15) is 0 Å². The average molecular weight is 438 g/mol. The predicted octanol–water partition coefficient (Wildman–Crippen LogP) is 3.44. The zero-order valence-electron chi connectivity index (χ0n) is 16.9. The normalized spacial score (nSPS) is 17.2. The molecule has 1 heterocycles. The summed E-state index contributed by atoms with van der Waals surface area (Å²) >= 11 is 0. The van der Waals surface area contributed by atoms with Gasteiger partial charge in [-0.3, -0.25) is 4.79 Å². The van der Waals surface area contributed by atoms with Crippen molar-refractivity contribution in [2.75, 3.05) is 0 Å². The third-order valence-electron chi connectivity index (χ3n) is 5.33. The molecule has 32 heavy (non-hydrogen) atoms. The Labute approximate surface area is 183 Å². The summed E-state index contributed by atoms with van der Waals surface area (Å²) in [7, 11) is 0. The molecule has 0 aliphatic carbocycles. The van der Waals surface area contributed by atoms with Crippen molar-refractivity contribution in [2.45, 2.75) is 31.5 Å². The molecule has 1 aliphatic rings. The van der Waals surface area contributed by atoms with Gasteiger partial charge in [0.15, 0.2) is 23.4 Å². The summed E-state index contributed by atoms with van der Waals surface area (Å²) in [5.74, 6) is -2.55. The van der Waals surface area contributed by atoms with Crippen LogP contribution in [0.4, 0.5) is 0 Å². The number of carbonyl (C=O) groups excluding carboxylic acids is 1. The molecule has 0 bridgehead atoms. The van der Waals surface area contributed by atoms with Gasteiger partial charge in [-0.15, -0.1) is 0 Å². The van der Waals surface area contributed by atoms with Crippen molar-refractivity contribution in [3.63, 3.8) is 0 Å². The topological polar surface area (TPSA) is 137 Å². The van der Waals surface area contributed by atoms with Crippen LogP contribution in [0.5, 0.6) is 34.5 Å². The molecule has 0 unspecified atom stereocenters. The van der Waals surface area contributed by atoms with Crippen molar-refractivity contribution in [2.24, 2.45) is 0 Å². The van der Waals surface area contributed by atoms with E-state index >= 15 is 0 Å². The van der Waals surface area contributed by atoms with Crippen molar-refractivity contribution >= 4 is 5.97 Å². The van der Waals surface area contributed by atoms with Crippen molar-refractivity contribution in [3.05, 3.63) is 71.3 Å².